The van der Waals surface area contributed by atoms with Crippen LogP contribution in [0.4, 0.5) is 0 Å². The lowest BCUT2D eigenvalue weighted by Crippen LogP contribution is -1.96. The number of halogens is 1. The molecule has 0 aliphatic rings. The largest absolute Gasteiger partial charge is 0.495 e. The lowest BCUT2D eigenvalue weighted by molar-refractivity contribution is 0.379. The zero-order valence-electron chi connectivity index (χ0n) is 9.53. The number of aromatic nitrogens is 2. The van der Waals surface area contributed by atoms with Gasteiger partial charge in [-0.1, -0.05) is 5.16 Å². The third-order valence-electron chi connectivity index (χ3n) is 2.28. The Morgan fingerprint density at radius 1 is 1.47 bits per heavy atom. The Bertz CT molecular complexity index is 540. The number of rotatable bonds is 3. The van der Waals surface area contributed by atoms with Crippen LogP contribution in [0.15, 0.2) is 21.1 Å². The van der Waals surface area contributed by atoms with Crippen molar-refractivity contribution in [3.05, 3.63) is 28.1 Å². The molecule has 0 radical (unpaired) electrons. The van der Waals surface area contributed by atoms with Crippen molar-refractivity contribution in [1.82, 2.24) is 10.1 Å². The molecule has 6 heteroatoms. The van der Waals surface area contributed by atoms with Crippen LogP contribution in [0.25, 0.3) is 11.4 Å². The SMILES string of the molecule is COc1c(Br)cc(C)cc1-c1noc(CN)n1. The summed E-state index contributed by atoms with van der Waals surface area (Å²) in [6.07, 6.45) is 0. The van der Waals surface area contributed by atoms with Gasteiger partial charge in [0.05, 0.1) is 23.7 Å². The highest BCUT2D eigenvalue weighted by Crippen LogP contribution is 2.36. The number of hydrogen-bond donors (Lipinski definition) is 1. The Kier molecular flexibility index (Phi) is 3.44. The number of hydrogen-bond acceptors (Lipinski definition) is 5. The summed E-state index contributed by atoms with van der Waals surface area (Å²) in [5, 5.41) is 3.88. The van der Waals surface area contributed by atoms with Crippen LogP contribution in [0.2, 0.25) is 0 Å². The normalized spacial score (nSPS) is 10.6. The minimum Gasteiger partial charge on any atom is -0.495 e. The summed E-state index contributed by atoms with van der Waals surface area (Å²) >= 11 is 3.44. The van der Waals surface area contributed by atoms with Crippen molar-refractivity contribution < 1.29 is 9.26 Å². The number of nitrogens with zero attached hydrogens (tertiary/aromatic N) is 2. The fourth-order valence-electron chi connectivity index (χ4n) is 1.55. The van der Waals surface area contributed by atoms with E-state index < -0.39 is 0 Å². The molecule has 0 fully saturated rings. The van der Waals surface area contributed by atoms with Gasteiger partial charge in [-0.25, -0.2) is 0 Å². The molecule has 1 aromatic carbocycles. The second-order valence-electron chi connectivity index (χ2n) is 3.54. The second kappa shape index (κ2) is 4.85. The number of nitrogens with two attached hydrogens (primary N) is 1. The molecule has 1 aromatic heterocycles. The first-order valence-corrected chi connectivity index (χ1v) is 5.82. The zero-order valence-corrected chi connectivity index (χ0v) is 11.1. The molecule has 0 saturated heterocycles. The molecule has 90 valence electrons. The van der Waals surface area contributed by atoms with Gasteiger partial charge in [-0.05, 0) is 40.5 Å². The van der Waals surface area contributed by atoms with Crippen molar-refractivity contribution in [2.45, 2.75) is 13.5 Å². The Hall–Kier alpha value is -1.40. The van der Waals surface area contributed by atoms with Crippen molar-refractivity contribution in [2.24, 2.45) is 5.73 Å². The van der Waals surface area contributed by atoms with E-state index in [2.05, 4.69) is 26.1 Å². The van der Waals surface area contributed by atoms with E-state index in [0.717, 1.165) is 15.6 Å². The summed E-state index contributed by atoms with van der Waals surface area (Å²) in [5.74, 6) is 1.56. The van der Waals surface area contributed by atoms with Crippen LogP contribution in [0, 0.1) is 6.92 Å². The molecule has 2 rings (SSSR count). The Morgan fingerprint density at radius 3 is 2.82 bits per heavy atom. The second-order valence-corrected chi connectivity index (χ2v) is 4.40. The maximum absolute atomic E-state index is 5.43. The molecule has 5 nitrogen and oxygen atoms in total. The van der Waals surface area contributed by atoms with E-state index in [1.54, 1.807) is 7.11 Å². The molecular weight excluding hydrogens is 286 g/mol. The fraction of sp³-hybridized carbons (Fsp3) is 0.273. The van der Waals surface area contributed by atoms with E-state index in [1.165, 1.54) is 0 Å². The van der Waals surface area contributed by atoms with Gasteiger partial charge in [-0.15, -0.1) is 0 Å². The van der Waals surface area contributed by atoms with Gasteiger partial charge >= 0.3 is 0 Å². The van der Waals surface area contributed by atoms with Crippen molar-refractivity contribution in [2.75, 3.05) is 7.11 Å². The molecule has 0 amide bonds. The van der Waals surface area contributed by atoms with Gasteiger partial charge in [0.1, 0.15) is 5.75 Å². The number of ether oxygens (including phenoxy) is 1. The van der Waals surface area contributed by atoms with E-state index in [9.17, 15) is 0 Å². The van der Waals surface area contributed by atoms with Gasteiger partial charge in [0, 0.05) is 0 Å². The van der Waals surface area contributed by atoms with Crippen molar-refractivity contribution in [3.63, 3.8) is 0 Å². The van der Waals surface area contributed by atoms with Crippen molar-refractivity contribution >= 4 is 15.9 Å². The molecule has 0 aliphatic heterocycles. The first-order chi connectivity index (χ1) is 8.15. The van der Waals surface area contributed by atoms with E-state index in [1.807, 2.05) is 19.1 Å². The fourth-order valence-corrected chi connectivity index (χ4v) is 2.29. The van der Waals surface area contributed by atoms with Crippen molar-refractivity contribution in [1.29, 1.82) is 0 Å². The molecule has 0 spiro atoms. The Balaban J connectivity index is 2.57. The van der Waals surface area contributed by atoms with Gasteiger partial charge in [0.2, 0.25) is 11.7 Å². The predicted molar refractivity (Wildman–Crippen MR) is 66.6 cm³/mol. The summed E-state index contributed by atoms with van der Waals surface area (Å²) in [6.45, 7) is 2.21. The number of methoxy groups -OCH3 is 1. The quantitative estimate of drug-likeness (QED) is 0.941. The van der Waals surface area contributed by atoms with Crippen LogP contribution in [0.1, 0.15) is 11.5 Å². The minimum absolute atomic E-state index is 0.225. The average molecular weight is 298 g/mol. The average Bonchev–Trinajstić information content (AvgIpc) is 2.76. The maximum atomic E-state index is 5.43. The third-order valence-corrected chi connectivity index (χ3v) is 2.86. The van der Waals surface area contributed by atoms with Crippen molar-refractivity contribution in [3.8, 4) is 17.1 Å². The van der Waals surface area contributed by atoms with Crippen LogP contribution in [-0.2, 0) is 6.54 Å². The highest BCUT2D eigenvalue weighted by atomic mass is 79.9. The maximum Gasteiger partial charge on any atom is 0.240 e. The minimum atomic E-state index is 0.225. The van der Waals surface area contributed by atoms with Gasteiger partial charge in [0.25, 0.3) is 0 Å². The zero-order chi connectivity index (χ0) is 12.4. The molecule has 0 saturated carbocycles. The Morgan fingerprint density at radius 2 is 2.24 bits per heavy atom. The van der Waals surface area contributed by atoms with Gasteiger partial charge in [0.15, 0.2) is 0 Å². The van der Waals surface area contributed by atoms with Crippen LogP contribution in [0.3, 0.4) is 0 Å². The molecule has 0 bridgehead atoms. The van der Waals surface area contributed by atoms with Crippen LogP contribution in [0.5, 0.6) is 5.75 Å². The smallest absolute Gasteiger partial charge is 0.240 e. The molecule has 1 heterocycles. The summed E-state index contributed by atoms with van der Waals surface area (Å²) in [6, 6.07) is 3.90. The molecule has 17 heavy (non-hydrogen) atoms. The highest BCUT2D eigenvalue weighted by molar-refractivity contribution is 9.10. The Labute approximate surface area is 107 Å². The third kappa shape index (κ3) is 2.32. The topological polar surface area (TPSA) is 74.2 Å². The van der Waals surface area contributed by atoms with E-state index in [4.69, 9.17) is 15.0 Å². The van der Waals surface area contributed by atoms with Crippen LogP contribution >= 0.6 is 15.9 Å². The predicted octanol–water partition coefficient (Wildman–Crippen LogP) is 2.27. The lowest BCUT2D eigenvalue weighted by atomic mass is 10.1. The summed E-state index contributed by atoms with van der Waals surface area (Å²) < 4.78 is 11.2. The molecule has 0 unspecified atom stereocenters. The summed E-state index contributed by atoms with van der Waals surface area (Å²) in [5.41, 5.74) is 7.29. The number of aryl methyl sites for hydroxylation is 1. The van der Waals surface area contributed by atoms with Crippen LogP contribution < -0.4 is 10.5 Å². The number of benzene rings is 1. The van der Waals surface area contributed by atoms with Gasteiger partial charge < -0.3 is 15.0 Å². The first-order valence-electron chi connectivity index (χ1n) is 5.03. The molecule has 0 atom stereocenters. The van der Waals surface area contributed by atoms with Gasteiger partial charge in [-0.2, -0.15) is 4.98 Å². The summed E-state index contributed by atoms with van der Waals surface area (Å²) in [7, 11) is 1.60. The molecule has 2 N–H and O–H groups in total. The first kappa shape index (κ1) is 12.1. The standard InChI is InChI=1S/C11H12BrN3O2/c1-6-3-7(10(16-2)8(12)4-6)11-14-9(5-13)17-15-11/h3-4H,5,13H2,1-2H3. The molecule has 0 aliphatic carbocycles. The van der Waals surface area contributed by atoms with Crippen LogP contribution in [-0.4, -0.2) is 17.3 Å². The summed E-state index contributed by atoms with van der Waals surface area (Å²) in [4.78, 5) is 4.19. The van der Waals surface area contributed by atoms with E-state index in [0.29, 0.717) is 17.5 Å². The lowest BCUT2D eigenvalue weighted by Gasteiger charge is -2.08. The monoisotopic (exact) mass is 297 g/mol. The molecular formula is C11H12BrN3O2. The van der Waals surface area contributed by atoms with E-state index in [-0.39, 0.29) is 6.54 Å². The highest BCUT2D eigenvalue weighted by Gasteiger charge is 2.15. The molecule has 2 aromatic rings. The van der Waals surface area contributed by atoms with Gasteiger partial charge in [-0.3, -0.25) is 0 Å². The van der Waals surface area contributed by atoms with E-state index >= 15 is 0 Å².